The second-order valence-electron chi connectivity index (χ2n) is 8.09. The molecule has 0 saturated carbocycles. The predicted molar refractivity (Wildman–Crippen MR) is 113 cm³/mol. The van der Waals surface area contributed by atoms with Gasteiger partial charge in [0.1, 0.15) is 23.8 Å². The van der Waals surface area contributed by atoms with Gasteiger partial charge in [0.2, 0.25) is 5.91 Å². The molecule has 8 nitrogen and oxygen atoms in total. The number of aliphatic hydroxyl groups is 1. The third-order valence-electron chi connectivity index (χ3n) is 5.86. The van der Waals surface area contributed by atoms with Crippen molar-refractivity contribution in [2.24, 2.45) is 0 Å². The van der Waals surface area contributed by atoms with Crippen molar-refractivity contribution in [1.82, 2.24) is 15.6 Å². The number of methoxy groups -OCH3 is 1. The maximum absolute atomic E-state index is 13.6. The van der Waals surface area contributed by atoms with Crippen LogP contribution in [0.15, 0.2) is 42.7 Å². The van der Waals surface area contributed by atoms with Gasteiger partial charge in [-0.15, -0.1) is 0 Å². The number of hydrogen-bond acceptors (Lipinski definition) is 7. The molecule has 2 aliphatic rings. The second kappa shape index (κ2) is 10.4. The smallest absolute Gasteiger partial charge is 0.222 e. The monoisotopic (exact) mass is 445 g/mol. The van der Waals surface area contributed by atoms with Crippen LogP contribution in [0, 0.1) is 5.82 Å². The number of fused-ring (bicyclic) bond motifs is 1. The van der Waals surface area contributed by atoms with Crippen molar-refractivity contribution in [2.75, 3.05) is 13.7 Å². The number of carbonyl (C=O) groups is 1. The van der Waals surface area contributed by atoms with Gasteiger partial charge < -0.3 is 30.0 Å². The van der Waals surface area contributed by atoms with Crippen molar-refractivity contribution < 1.29 is 28.5 Å². The fraction of sp³-hybridized carbons (Fsp3) is 0.478. The Kier molecular flexibility index (Phi) is 7.31. The topological polar surface area (TPSA) is 102 Å². The van der Waals surface area contributed by atoms with Crippen molar-refractivity contribution in [1.29, 1.82) is 0 Å². The SMILES string of the molecule is COc1ccc(CNC(=O)C[C@@H]2C[C@H]3O[C@H](CNCc4ccncc4F)[C@@H](O)[C@H]3O2)cc1. The Hall–Kier alpha value is -2.59. The Morgan fingerprint density at radius 3 is 2.78 bits per heavy atom. The number of pyridine rings is 1. The highest BCUT2D eigenvalue weighted by molar-refractivity contribution is 5.76. The molecule has 2 saturated heterocycles. The number of ether oxygens (including phenoxy) is 3. The Balaban J connectivity index is 1.18. The van der Waals surface area contributed by atoms with Gasteiger partial charge in [-0.05, 0) is 23.8 Å². The number of halogens is 1. The van der Waals surface area contributed by atoms with E-state index < -0.39 is 18.3 Å². The number of nitrogens with zero attached hydrogens (tertiary/aromatic N) is 1. The van der Waals surface area contributed by atoms with Crippen LogP contribution in [0.25, 0.3) is 0 Å². The molecule has 0 spiro atoms. The van der Waals surface area contributed by atoms with Crippen LogP contribution in [0.3, 0.4) is 0 Å². The average Bonchev–Trinajstić information content (AvgIpc) is 3.32. The van der Waals surface area contributed by atoms with E-state index in [1.54, 1.807) is 13.2 Å². The highest BCUT2D eigenvalue weighted by Gasteiger charge is 2.50. The molecule has 1 amide bonds. The van der Waals surface area contributed by atoms with Crippen molar-refractivity contribution in [3.63, 3.8) is 0 Å². The number of rotatable bonds is 9. The van der Waals surface area contributed by atoms with Crippen molar-refractivity contribution in [3.05, 3.63) is 59.7 Å². The van der Waals surface area contributed by atoms with Crippen LogP contribution in [0.1, 0.15) is 24.0 Å². The first kappa shape index (κ1) is 22.6. The van der Waals surface area contributed by atoms with Gasteiger partial charge >= 0.3 is 0 Å². The number of nitrogens with one attached hydrogen (secondary N) is 2. The minimum absolute atomic E-state index is 0.113. The number of carbonyl (C=O) groups excluding carboxylic acids is 1. The number of aliphatic hydroxyl groups excluding tert-OH is 1. The van der Waals surface area contributed by atoms with Crippen molar-refractivity contribution in [2.45, 2.75) is 56.5 Å². The second-order valence-corrected chi connectivity index (χ2v) is 8.09. The summed E-state index contributed by atoms with van der Waals surface area (Å²) in [5.41, 5.74) is 1.48. The average molecular weight is 445 g/mol. The molecule has 0 bridgehead atoms. The van der Waals surface area contributed by atoms with Crippen molar-refractivity contribution >= 4 is 5.91 Å². The number of amides is 1. The van der Waals surface area contributed by atoms with Crippen molar-refractivity contribution in [3.8, 4) is 5.75 Å². The Bertz CT molecular complexity index is 913. The zero-order valence-corrected chi connectivity index (χ0v) is 17.9. The molecule has 1 aromatic carbocycles. The molecule has 3 heterocycles. The van der Waals surface area contributed by atoms with Crippen LogP contribution in [-0.2, 0) is 27.4 Å². The normalized spacial score (nSPS) is 26.7. The lowest BCUT2D eigenvalue weighted by Crippen LogP contribution is -2.39. The lowest BCUT2D eigenvalue weighted by atomic mass is 10.1. The summed E-state index contributed by atoms with van der Waals surface area (Å²) in [6.07, 6.45) is 1.21. The maximum atomic E-state index is 13.6. The van der Waals surface area contributed by atoms with E-state index in [1.807, 2.05) is 24.3 Å². The maximum Gasteiger partial charge on any atom is 0.222 e. The van der Waals surface area contributed by atoms with Gasteiger partial charge in [-0.1, -0.05) is 12.1 Å². The lowest BCUT2D eigenvalue weighted by Gasteiger charge is -2.20. The molecule has 32 heavy (non-hydrogen) atoms. The molecule has 9 heteroatoms. The summed E-state index contributed by atoms with van der Waals surface area (Å²) in [4.78, 5) is 16.0. The fourth-order valence-electron chi connectivity index (χ4n) is 4.13. The van der Waals surface area contributed by atoms with E-state index >= 15 is 0 Å². The fourth-order valence-corrected chi connectivity index (χ4v) is 4.13. The Morgan fingerprint density at radius 1 is 1.25 bits per heavy atom. The molecule has 5 atom stereocenters. The van der Waals surface area contributed by atoms with Gasteiger partial charge in [0, 0.05) is 37.8 Å². The third-order valence-corrected chi connectivity index (χ3v) is 5.86. The third kappa shape index (κ3) is 5.42. The van der Waals surface area contributed by atoms with Crippen LogP contribution in [0.4, 0.5) is 4.39 Å². The minimum atomic E-state index is -0.804. The number of benzene rings is 1. The predicted octanol–water partition coefficient (Wildman–Crippen LogP) is 1.31. The van der Waals surface area contributed by atoms with E-state index in [9.17, 15) is 14.3 Å². The summed E-state index contributed by atoms with van der Waals surface area (Å²) in [5.74, 6) is 0.279. The van der Waals surface area contributed by atoms with Gasteiger partial charge in [-0.25, -0.2) is 4.39 Å². The summed E-state index contributed by atoms with van der Waals surface area (Å²) in [6.45, 7) is 1.10. The molecular weight excluding hydrogens is 417 g/mol. The summed E-state index contributed by atoms with van der Waals surface area (Å²) in [6, 6.07) is 9.10. The molecule has 2 aromatic rings. The van der Waals surface area contributed by atoms with Gasteiger partial charge in [0.05, 0.1) is 38.0 Å². The molecule has 0 radical (unpaired) electrons. The molecule has 0 unspecified atom stereocenters. The zero-order valence-electron chi connectivity index (χ0n) is 17.9. The van der Waals surface area contributed by atoms with Gasteiger partial charge in [0.25, 0.3) is 0 Å². The highest BCUT2D eigenvalue weighted by Crippen LogP contribution is 2.35. The van der Waals surface area contributed by atoms with E-state index in [0.717, 1.165) is 11.3 Å². The summed E-state index contributed by atoms with van der Waals surface area (Å²) < 4.78 is 30.6. The molecule has 172 valence electrons. The van der Waals surface area contributed by atoms with Gasteiger partial charge in [0.15, 0.2) is 0 Å². The summed E-state index contributed by atoms with van der Waals surface area (Å²) >= 11 is 0. The first-order valence-corrected chi connectivity index (χ1v) is 10.7. The summed E-state index contributed by atoms with van der Waals surface area (Å²) in [5, 5.41) is 16.6. The quantitative estimate of drug-likeness (QED) is 0.535. The van der Waals surface area contributed by atoms with Gasteiger partial charge in [-0.3, -0.25) is 9.78 Å². The zero-order chi connectivity index (χ0) is 22.5. The first-order valence-electron chi connectivity index (χ1n) is 10.7. The molecule has 2 fully saturated rings. The molecule has 3 N–H and O–H groups in total. The van der Waals surface area contributed by atoms with E-state index in [2.05, 4.69) is 15.6 Å². The van der Waals surface area contributed by atoms with Crippen LogP contribution in [-0.4, -0.2) is 60.2 Å². The van der Waals surface area contributed by atoms with Crippen LogP contribution < -0.4 is 15.4 Å². The summed E-state index contributed by atoms with van der Waals surface area (Å²) in [7, 11) is 1.61. The molecule has 0 aliphatic carbocycles. The van der Waals surface area contributed by atoms with E-state index in [1.165, 1.54) is 12.4 Å². The Morgan fingerprint density at radius 2 is 2.06 bits per heavy atom. The standard InChI is InChI=1S/C23H28FN3O5/c1-30-16-4-2-14(3-5-16)10-27-21(28)9-17-8-19-23(31-17)22(29)20(32-19)13-26-11-15-6-7-25-12-18(15)24/h2-7,12,17,19-20,22-23,26,29H,8-11,13H2,1H3,(H,27,28)/t17-,19+,20+,22+,23-/m0/s1. The van der Waals surface area contributed by atoms with Crippen LogP contribution >= 0.6 is 0 Å². The largest absolute Gasteiger partial charge is 0.497 e. The van der Waals surface area contributed by atoms with Crippen LogP contribution in [0.5, 0.6) is 5.75 Å². The van der Waals surface area contributed by atoms with E-state index in [-0.39, 0.29) is 30.4 Å². The molecule has 1 aromatic heterocycles. The highest BCUT2D eigenvalue weighted by atomic mass is 19.1. The van der Waals surface area contributed by atoms with E-state index in [0.29, 0.717) is 31.6 Å². The van der Waals surface area contributed by atoms with E-state index in [4.69, 9.17) is 14.2 Å². The van der Waals surface area contributed by atoms with Crippen LogP contribution in [0.2, 0.25) is 0 Å². The number of aromatic nitrogens is 1. The first-order chi connectivity index (χ1) is 15.5. The molecule has 2 aliphatic heterocycles. The molecule has 4 rings (SSSR count). The number of hydrogen-bond donors (Lipinski definition) is 3. The Labute approximate surface area is 186 Å². The molecular formula is C23H28FN3O5. The lowest BCUT2D eigenvalue weighted by molar-refractivity contribution is -0.124. The van der Waals surface area contributed by atoms with Gasteiger partial charge in [-0.2, -0.15) is 0 Å². The minimum Gasteiger partial charge on any atom is -0.497 e.